The average molecular weight is 288 g/mol. The van der Waals surface area contributed by atoms with Crippen LogP contribution in [0.4, 0.5) is 0 Å². The lowest BCUT2D eigenvalue weighted by atomic mass is 10.0. The maximum atomic E-state index is 10.5. The normalized spacial score (nSPS) is 15.8. The summed E-state index contributed by atoms with van der Waals surface area (Å²) in [7, 11) is 0. The van der Waals surface area contributed by atoms with Crippen LogP contribution in [0.1, 0.15) is 27.7 Å². The van der Waals surface area contributed by atoms with Crippen molar-refractivity contribution in [3.63, 3.8) is 0 Å². The lowest BCUT2D eigenvalue weighted by molar-refractivity contribution is 0.134. The molecule has 1 aliphatic rings. The summed E-state index contributed by atoms with van der Waals surface area (Å²) in [5.74, 6) is 0. The minimum absolute atomic E-state index is 0.532. The molecule has 1 N–H and O–H groups in total. The number of aliphatic hydroxyl groups is 1. The van der Waals surface area contributed by atoms with Crippen molar-refractivity contribution in [2.24, 2.45) is 0 Å². The van der Waals surface area contributed by atoms with Crippen molar-refractivity contribution in [1.82, 2.24) is 0 Å². The van der Waals surface area contributed by atoms with Gasteiger partial charge in [0.25, 0.3) is 0 Å². The first-order valence-electron chi connectivity index (χ1n) is 6.16. The fraction of sp³-hybridized carbons (Fsp3) is 0.200. The Kier molecular flexibility index (Phi) is 2.70. The molecule has 1 aromatic carbocycles. The molecular weight excluding hydrogens is 276 g/mol. The van der Waals surface area contributed by atoms with Crippen LogP contribution in [0.3, 0.4) is 0 Å². The van der Waals surface area contributed by atoms with Crippen molar-refractivity contribution in [3.8, 4) is 0 Å². The molecule has 3 aromatic rings. The standard InChI is InChI=1S/C15H12O2S2/c16-15(14-6-13-12(19-14)3-4-18-13)9-1-2-10-7-17-8-11(10)5-9/h1-6,15-16H,7-8H2. The summed E-state index contributed by atoms with van der Waals surface area (Å²) < 4.78 is 7.92. The molecule has 3 heterocycles. The van der Waals surface area contributed by atoms with Crippen LogP contribution < -0.4 is 0 Å². The number of thiophene rings is 2. The van der Waals surface area contributed by atoms with Crippen LogP contribution >= 0.6 is 22.7 Å². The van der Waals surface area contributed by atoms with Gasteiger partial charge in [-0.3, -0.25) is 0 Å². The topological polar surface area (TPSA) is 29.5 Å². The highest BCUT2D eigenvalue weighted by Crippen LogP contribution is 2.36. The number of hydrogen-bond acceptors (Lipinski definition) is 4. The molecular formula is C15H12O2S2. The third-order valence-electron chi connectivity index (χ3n) is 3.49. The van der Waals surface area contributed by atoms with Crippen molar-refractivity contribution in [2.75, 3.05) is 0 Å². The molecule has 0 saturated heterocycles. The molecule has 96 valence electrons. The van der Waals surface area contributed by atoms with Gasteiger partial charge in [-0.1, -0.05) is 18.2 Å². The van der Waals surface area contributed by atoms with Crippen molar-refractivity contribution in [2.45, 2.75) is 19.3 Å². The van der Waals surface area contributed by atoms with Crippen molar-refractivity contribution >= 4 is 32.1 Å². The van der Waals surface area contributed by atoms with Gasteiger partial charge in [0.1, 0.15) is 6.10 Å². The third-order valence-corrected chi connectivity index (χ3v) is 5.63. The van der Waals surface area contributed by atoms with Gasteiger partial charge < -0.3 is 9.84 Å². The van der Waals surface area contributed by atoms with Gasteiger partial charge in [-0.25, -0.2) is 0 Å². The van der Waals surface area contributed by atoms with Gasteiger partial charge in [-0.2, -0.15) is 0 Å². The molecule has 2 aromatic heterocycles. The number of aliphatic hydroxyl groups excluding tert-OH is 1. The minimum atomic E-state index is -0.532. The first-order valence-corrected chi connectivity index (χ1v) is 7.85. The number of hydrogen-bond donors (Lipinski definition) is 1. The summed E-state index contributed by atoms with van der Waals surface area (Å²) >= 11 is 3.39. The Morgan fingerprint density at radius 1 is 1.05 bits per heavy atom. The van der Waals surface area contributed by atoms with Crippen LogP contribution in [0.15, 0.2) is 35.7 Å². The van der Waals surface area contributed by atoms with E-state index in [-0.39, 0.29) is 0 Å². The Morgan fingerprint density at radius 3 is 2.84 bits per heavy atom. The summed E-state index contributed by atoms with van der Waals surface area (Å²) in [6.45, 7) is 1.36. The van der Waals surface area contributed by atoms with E-state index < -0.39 is 6.10 Å². The molecule has 0 spiro atoms. The van der Waals surface area contributed by atoms with Crippen LogP contribution in [0.25, 0.3) is 9.40 Å². The molecule has 4 heteroatoms. The van der Waals surface area contributed by atoms with E-state index in [1.54, 1.807) is 22.7 Å². The summed E-state index contributed by atoms with van der Waals surface area (Å²) in [6, 6.07) is 10.3. The number of benzene rings is 1. The van der Waals surface area contributed by atoms with E-state index in [4.69, 9.17) is 4.74 Å². The lowest BCUT2D eigenvalue weighted by Gasteiger charge is -2.10. The number of rotatable bonds is 2. The van der Waals surface area contributed by atoms with Gasteiger partial charge in [-0.15, -0.1) is 22.7 Å². The smallest absolute Gasteiger partial charge is 0.113 e. The molecule has 1 atom stereocenters. The molecule has 0 amide bonds. The Labute approximate surface area is 118 Å². The largest absolute Gasteiger partial charge is 0.383 e. The molecule has 0 saturated carbocycles. The molecule has 0 aliphatic carbocycles. The predicted molar refractivity (Wildman–Crippen MR) is 78.7 cm³/mol. The van der Waals surface area contributed by atoms with Gasteiger partial charge >= 0.3 is 0 Å². The van der Waals surface area contributed by atoms with Gasteiger partial charge in [0.15, 0.2) is 0 Å². The first-order chi connectivity index (χ1) is 9.31. The molecule has 4 rings (SSSR count). The van der Waals surface area contributed by atoms with Crippen LogP contribution in [0.2, 0.25) is 0 Å². The van der Waals surface area contributed by atoms with E-state index in [1.807, 2.05) is 6.07 Å². The molecule has 19 heavy (non-hydrogen) atoms. The molecule has 0 radical (unpaired) electrons. The van der Waals surface area contributed by atoms with E-state index in [0.29, 0.717) is 13.2 Å². The number of ether oxygens (including phenoxy) is 1. The second-order valence-corrected chi connectivity index (χ2v) is 6.78. The van der Waals surface area contributed by atoms with Gasteiger partial charge in [0, 0.05) is 14.3 Å². The Hall–Kier alpha value is -1.20. The Balaban J connectivity index is 1.73. The second kappa shape index (κ2) is 4.42. The van der Waals surface area contributed by atoms with Crippen molar-refractivity contribution in [3.05, 3.63) is 57.3 Å². The summed E-state index contributed by atoms with van der Waals surface area (Å²) in [5.41, 5.74) is 3.40. The maximum absolute atomic E-state index is 10.5. The van der Waals surface area contributed by atoms with Crippen molar-refractivity contribution in [1.29, 1.82) is 0 Å². The van der Waals surface area contributed by atoms with Crippen LogP contribution in [-0.2, 0) is 18.0 Å². The van der Waals surface area contributed by atoms with Crippen LogP contribution in [0.5, 0.6) is 0 Å². The SMILES string of the molecule is OC(c1ccc2c(c1)COC2)c1cc2sccc2s1. The highest BCUT2D eigenvalue weighted by Gasteiger charge is 2.18. The Morgan fingerprint density at radius 2 is 1.95 bits per heavy atom. The lowest BCUT2D eigenvalue weighted by Crippen LogP contribution is -1.98. The maximum Gasteiger partial charge on any atom is 0.113 e. The molecule has 0 fully saturated rings. The highest BCUT2D eigenvalue weighted by atomic mass is 32.1. The average Bonchev–Trinajstić information content (AvgIpc) is 3.11. The van der Waals surface area contributed by atoms with Crippen molar-refractivity contribution < 1.29 is 9.84 Å². The van der Waals surface area contributed by atoms with E-state index in [0.717, 1.165) is 10.4 Å². The quantitative estimate of drug-likeness (QED) is 0.770. The zero-order valence-corrected chi connectivity index (χ0v) is 11.8. The van der Waals surface area contributed by atoms with Gasteiger partial charge in [0.2, 0.25) is 0 Å². The second-order valence-electron chi connectivity index (χ2n) is 4.72. The van der Waals surface area contributed by atoms with E-state index in [9.17, 15) is 5.11 Å². The van der Waals surface area contributed by atoms with E-state index in [1.165, 1.54) is 20.5 Å². The molecule has 0 bridgehead atoms. The molecule has 2 nitrogen and oxygen atoms in total. The zero-order chi connectivity index (χ0) is 12.8. The fourth-order valence-corrected chi connectivity index (χ4v) is 4.58. The summed E-state index contributed by atoms with van der Waals surface area (Å²) in [6.07, 6.45) is -0.532. The molecule has 1 aliphatic heterocycles. The van der Waals surface area contributed by atoms with Gasteiger partial charge in [0.05, 0.1) is 13.2 Å². The summed E-state index contributed by atoms with van der Waals surface area (Å²) in [4.78, 5) is 1.01. The summed E-state index contributed by atoms with van der Waals surface area (Å²) in [5, 5.41) is 12.6. The predicted octanol–water partition coefficient (Wildman–Crippen LogP) is 4.07. The third kappa shape index (κ3) is 1.92. The van der Waals surface area contributed by atoms with E-state index in [2.05, 4.69) is 29.6 Å². The van der Waals surface area contributed by atoms with Crippen LogP contribution in [-0.4, -0.2) is 5.11 Å². The first kappa shape index (κ1) is 11.6. The highest BCUT2D eigenvalue weighted by molar-refractivity contribution is 7.26. The van der Waals surface area contributed by atoms with Gasteiger partial charge in [-0.05, 0) is 34.2 Å². The minimum Gasteiger partial charge on any atom is -0.383 e. The zero-order valence-electron chi connectivity index (χ0n) is 10.1. The molecule has 1 unspecified atom stereocenters. The fourth-order valence-electron chi connectivity index (χ4n) is 2.45. The van der Waals surface area contributed by atoms with Crippen LogP contribution in [0, 0.1) is 0 Å². The number of fused-ring (bicyclic) bond motifs is 2. The Bertz CT molecular complexity index is 713. The monoisotopic (exact) mass is 288 g/mol. The van der Waals surface area contributed by atoms with E-state index >= 15 is 0 Å².